The maximum Gasteiger partial charge on any atom is 0.274 e. The van der Waals surface area contributed by atoms with Crippen molar-refractivity contribution in [3.8, 4) is 0 Å². The Bertz CT molecular complexity index is 932. The normalized spacial score (nSPS) is 11.8. The number of amides is 2. The van der Waals surface area contributed by atoms with E-state index in [0.29, 0.717) is 10.7 Å². The maximum atomic E-state index is 12.8. The number of carbonyl (C=O) groups is 2. The molecular formula is C18H19N5O2S. The SMILES string of the molecule is CNC(=O)c1cc(C(=O)Nc2cc(C)ns2)n(C(C)c2ccccc2)n1. The van der Waals surface area contributed by atoms with Crippen LogP contribution in [0.4, 0.5) is 5.00 Å². The molecule has 2 amide bonds. The third-order valence-corrected chi connectivity index (χ3v) is 4.74. The van der Waals surface area contributed by atoms with Crippen molar-refractivity contribution in [2.24, 2.45) is 0 Å². The minimum atomic E-state index is -0.341. The largest absolute Gasteiger partial charge is 0.354 e. The van der Waals surface area contributed by atoms with Crippen LogP contribution in [0.1, 0.15) is 45.2 Å². The van der Waals surface area contributed by atoms with Crippen LogP contribution in [0.25, 0.3) is 0 Å². The van der Waals surface area contributed by atoms with E-state index in [4.69, 9.17) is 0 Å². The van der Waals surface area contributed by atoms with Crippen molar-refractivity contribution < 1.29 is 9.59 Å². The van der Waals surface area contributed by atoms with Gasteiger partial charge in [0.25, 0.3) is 11.8 Å². The zero-order chi connectivity index (χ0) is 18.7. The molecule has 0 spiro atoms. The second-order valence-electron chi connectivity index (χ2n) is 5.81. The Kier molecular flexibility index (Phi) is 5.13. The first-order chi connectivity index (χ1) is 12.5. The van der Waals surface area contributed by atoms with Gasteiger partial charge in [0.15, 0.2) is 5.69 Å². The molecule has 0 fully saturated rings. The molecule has 1 unspecified atom stereocenters. The predicted octanol–water partition coefficient (Wildman–Crippen LogP) is 2.87. The minimum absolute atomic E-state index is 0.195. The third-order valence-electron chi connectivity index (χ3n) is 3.94. The first-order valence-electron chi connectivity index (χ1n) is 8.11. The van der Waals surface area contributed by atoms with Crippen LogP contribution in [0.2, 0.25) is 0 Å². The Balaban J connectivity index is 1.98. The number of aromatic nitrogens is 3. The first-order valence-corrected chi connectivity index (χ1v) is 8.88. The molecule has 0 aliphatic carbocycles. The van der Waals surface area contributed by atoms with E-state index in [1.54, 1.807) is 10.7 Å². The smallest absolute Gasteiger partial charge is 0.274 e. The molecule has 2 heterocycles. The van der Waals surface area contributed by atoms with Crippen molar-refractivity contribution >= 4 is 28.3 Å². The summed E-state index contributed by atoms with van der Waals surface area (Å²) < 4.78 is 5.73. The van der Waals surface area contributed by atoms with Crippen LogP contribution < -0.4 is 10.6 Å². The lowest BCUT2D eigenvalue weighted by Crippen LogP contribution is -2.21. The molecule has 2 N–H and O–H groups in total. The lowest BCUT2D eigenvalue weighted by Gasteiger charge is -2.15. The molecule has 1 atom stereocenters. The van der Waals surface area contributed by atoms with Gasteiger partial charge in [-0.15, -0.1) is 0 Å². The van der Waals surface area contributed by atoms with Gasteiger partial charge in [-0.3, -0.25) is 14.3 Å². The van der Waals surface area contributed by atoms with Gasteiger partial charge >= 0.3 is 0 Å². The zero-order valence-electron chi connectivity index (χ0n) is 14.7. The molecule has 7 nitrogen and oxygen atoms in total. The minimum Gasteiger partial charge on any atom is -0.354 e. The summed E-state index contributed by atoms with van der Waals surface area (Å²) in [5.74, 6) is -0.675. The quantitative estimate of drug-likeness (QED) is 0.724. The number of carbonyl (C=O) groups excluding carboxylic acids is 2. The summed E-state index contributed by atoms with van der Waals surface area (Å²) in [6.45, 7) is 3.79. The highest BCUT2D eigenvalue weighted by molar-refractivity contribution is 7.10. The molecule has 0 bridgehead atoms. The summed E-state index contributed by atoms with van der Waals surface area (Å²) in [5, 5.41) is 10.4. The lowest BCUT2D eigenvalue weighted by molar-refractivity contribution is 0.0956. The van der Waals surface area contributed by atoms with Crippen LogP contribution in [0.3, 0.4) is 0 Å². The number of aryl methyl sites for hydroxylation is 1. The van der Waals surface area contributed by atoms with Gasteiger partial charge < -0.3 is 10.6 Å². The van der Waals surface area contributed by atoms with Crippen molar-refractivity contribution in [2.45, 2.75) is 19.9 Å². The van der Waals surface area contributed by atoms with E-state index < -0.39 is 0 Å². The Morgan fingerprint density at radius 1 is 1.15 bits per heavy atom. The van der Waals surface area contributed by atoms with Crippen molar-refractivity contribution in [3.63, 3.8) is 0 Å². The van der Waals surface area contributed by atoms with Gasteiger partial charge in [-0.25, -0.2) is 0 Å². The van der Waals surface area contributed by atoms with Crippen LogP contribution in [0.15, 0.2) is 42.5 Å². The highest BCUT2D eigenvalue weighted by Gasteiger charge is 2.23. The van der Waals surface area contributed by atoms with Gasteiger partial charge in [0.1, 0.15) is 10.7 Å². The Morgan fingerprint density at radius 3 is 2.50 bits per heavy atom. The number of benzene rings is 1. The monoisotopic (exact) mass is 369 g/mol. The standard InChI is InChI=1S/C18H19N5O2S/c1-11-9-16(26-22-11)20-18(25)15-10-14(17(24)19-3)21-23(15)12(2)13-7-5-4-6-8-13/h4-10,12H,1-3H3,(H,19,24)(H,20,25). The molecule has 3 aromatic rings. The highest BCUT2D eigenvalue weighted by atomic mass is 32.1. The van der Waals surface area contributed by atoms with Crippen LogP contribution in [0.5, 0.6) is 0 Å². The molecule has 26 heavy (non-hydrogen) atoms. The maximum absolute atomic E-state index is 12.8. The van der Waals surface area contributed by atoms with E-state index in [0.717, 1.165) is 11.3 Å². The molecule has 1 aromatic carbocycles. The molecule has 134 valence electrons. The lowest BCUT2D eigenvalue weighted by atomic mass is 10.1. The highest BCUT2D eigenvalue weighted by Crippen LogP contribution is 2.22. The molecule has 0 radical (unpaired) electrons. The van der Waals surface area contributed by atoms with E-state index in [1.807, 2.05) is 44.2 Å². The average Bonchev–Trinajstić information content (AvgIpc) is 3.27. The summed E-state index contributed by atoms with van der Waals surface area (Å²) in [6, 6.07) is 12.8. The number of nitrogens with zero attached hydrogens (tertiary/aromatic N) is 3. The fourth-order valence-electron chi connectivity index (χ4n) is 2.57. The molecule has 8 heteroatoms. The van der Waals surface area contributed by atoms with Crippen LogP contribution in [0, 0.1) is 6.92 Å². The molecule has 0 aliphatic heterocycles. The van der Waals surface area contributed by atoms with Crippen molar-refractivity contribution in [2.75, 3.05) is 12.4 Å². The number of rotatable bonds is 5. The molecule has 0 saturated carbocycles. The van der Waals surface area contributed by atoms with Crippen molar-refractivity contribution in [1.29, 1.82) is 0 Å². The topological polar surface area (TPSA) is 88.9 Å². The molecule has 2 aromatic heterocycles. The van der Waals surface area contributed by atoms with Gasteiger partial charge in [-0.1, -0.05) is 30.3 Å². The van der Waals surface area contributed by atoms with E-state index >= 15 is 0 Å². The van der Waals surface area contributed by atoms with Gasteiger partial charge in [0.2, 0.25) is 0 Å². The van der Waals surface area contributed by atoms with E-state index in [-0.39, 0.29) is 23.6 Å². The van der Waals surface area contributed by atoms with Crippen LogP contribution >= 0.6 is 11.5 Å². The molecule has 3 rings (SSSR count). The number of hydrogen-bond donors (Lipinski definition) is 2. The second-order valence-corrected chi connectivity index (χ2v) is 6.62. The zero-order valence-corrected chi connectivity index (χ0v) is 15.5. The van der Waals surface area contributed by atoms with E-state index in [1.165, 1.54) is 24.6 Å². The Labute approximate surface area is 155 Å². The average molecular weight is 369 g/mol. The molecule has 0 aliphatic rings. The summed E-state index contributed by atoms with van der Waals surface area (Å²) in [5.41, 5.74) is 2.33. The van der Waals surface area contributed by atoms with Gasteiger partial charge in [0, 0.05) is 13.1 Å². The van der Waals surface area contributed by atoms with E-state index in [9.17, 15) is 9.59 Å². The fraction of sp³-hybridized carbons (Fsp3) is 0.222. The van der Waals surface area contributed by atoms with Gasteiger partial charge in [-0.2, -0.15) is 9.47 Å². The van der Waals surface area contributed by atoms with Crippen LogP contribution in [-0.4, -0.2) is 33.0 Å². The van der Waals surface area contributed by atoms with Crippen LogP contribution in [-0.2, 0) is 0 Å². The number of anilines is 1. The van der Waals surface area contributed by atoms with Gasteiger partial charge in [-0.05, 0) is 37.0 Å². The summed E-state index contributed by atoms with van der Waals surface area (Å²) in [4.78, 5) is 24.8. The summed E-state index contributed by atoms with van der Waals surface area (Å²) in [6.07, 6.45) is 0. The molecule has 0 saturated heterocycles. The third kappa shape index (κ3) is 3.65. The summed E-state index contributed by atoms with van der Waals surface area (Å²) >= 11 is 1.21. The van der Waals surface area contributed by atoms with Crippen molar-refractivity contribution in [3.05, 3.63) is 65.1 Å². The first kappa shape index (κ1) is 17.8. The number of hydrogen-bond acceptors (Lipinski definition) is 5. The van der Waals surface area contributed by atoms with Crippen molar-refractivity contribution in [1.82, 2.24) is 19.5 Å². The molecular weight excluding hydrogens is 350 g/mol. The summed E-state index contributed by atoms with van der Waals surface area (Å²) in [7, 11) is 1.53. The fourth-order valence-corrected chi connectivity index (χ4v) is 3.23. The van der Waals surface area contributed by atoms with Gasteiger partial charge in [0.05, 0.1) is 11.7 Å². The number of nitrogens with one attached hydrogen (secondary N) is 2. The van der Waals surface area contributed by atoms with E-state index in [2.05, 4.69) is 20.1 Å². The Morgan fingerprint density at radius 2 is 1.88 bits per heavy atom. The Hall–Kier alpha value is -3.00. The second kappa shape index (κ2) is 7.49. The predicted molar refractivity (Wildman–Crippen MR) is 101 cm³/mol.